The summed E-state index contributed by atoms with van der Waals surface area (Å²) >= 11 is 0. The van der Waals surface area contributed by atoms with Gasteiger partial charge in [-0.05, 0) is 18.9 Å². The highest BCUT2D eigenvalue weighted by molar-refractivity contribution is 5.79. The normalized spacial score (nSPS) is 21.2. The number of amides is 1. The molecule has 0 radical (unpaired) electrons. The Labute approximate surface area is 139 Å². The average molecular weight is 345 g/mol. The summed E-state index contributed by atoms with van der Waals surface area (Å²) in [5.41, 5.74) is 0.607. The summed E-state index contributed by atoms with van der Waals surface area (Å²) in [5, 5.41) is 2.56. The Morgan fingerprint density at radius 2 is 1.92 bits per heavy atom. The lowest BCUT2D eigenvalue weighted by Gasteiger charge is -2.33. The van der Waals surface area contributed by atoms with Crippen molar-refractivity contribution in [1.29, 1.82) is 0 Å². The quantitative estimate of drug-likeness (QED) is 0.889. The van der Waals surface area contributed by atoms with E-state index in [9.17, 15) is 18.0 Å². The molecule has 134 valence electrons. The van der Waals surface area contributed by atoms with Gasteiger partial charge in [0.15, 0.2) is 0 Å². The van der Waals surface area contributed by atoms with Gasteiger partial charge in [0.2, 0.25) is 5.91 Å². The number of halogens is 3. The van der Waals surface area contributed by atoms with Crippen LogP contribution in [0.25, 0.3) is 0 Å². The molecule has 7 heteroatoms. The molecule has 0 bridgehead atoms. The largest absolute Gasteiger partial charge is 0.497 e. The van der Waals surface area contributed by atoms with Crippen LogP contribution in [-0.2, 0) is 11.2 Å². The highest BCUT2D eigenvalue weighted by Gasteiger charge is 2.45. The van der Waals surface area contributed by atoms with Gasteiger partial charge < -0.3 is 14.8 Å². The second-order valence-electron chi connectivity index (χ2n) is 5.96. The van der Waals surface area contributed by atoms with Gasteiger partial charge >= 0.3 is 6.18 Å². The number of nitrogens with one attached hydrogen (secondary N) is 1. The molecule has 1 N–H and O–H groups in total. The summed E-state index contributed by atoms with van der Waals surface area (Å²) in [5.74, 6) is -0.839. The maximum Gasteiger partial charge on any atom is 0.393 e. The van der Waals surface area contributed by atoms with Crippen LogP contribution in [0.5, 0.6) is 11.5 Å². The smallest absolute Gasteiger partial charge is 0.393 e. The lowest BCUT2D eigenvalue weighted by molar-refractivity contribution is -0.189. The Morgan fingerprint density at radius 3 is 2.54 bits per heavy atom. The van der Waals surface area contributed by atoms with Crippen LogP contribution in [0.3, 0.4) is 0 Å². The fraction of sp³-hybridized carbons (Fsp3) is 0.588. The van der Waals surface area contributed by atoms with Crippen LogP contribution in [0.15, 0.2) is 18.2 Å². The van der Waals surface area contributed by atoms with E-state index in [0.717, 1.165) is 0 Å². The predicted octanol–water partition coefficient (Wildman–Crippen LogP) is 3.48. The first-order valence-electron chi connectivity index (χ1n) is 7.92. The van der Waals surface area contributed by atoms with Gasteiger partial charge in [-0.1, -0.05) is 18.9 Å². The van der Waals surface area contributed by atoms with Crippen LogP contribution < -0.4 is 14.8 Å². The second kappa shape index (κ2) is 7.77. The van der Waals surface area contributed by atoms with E-state index in [0.29, 0.717) is 36.3 Å². The molecule has 2 atom stereocenters. The van der Waals surface area contributed by atoms with Gasteiger partial charge in [-0.15, -0.1) is 0 Å². The maximum absolute atomic E-state index is 13.1. The molecule has 1 fully saturated rings. The fourth-order valence-electron chi connectivity index (χ4n) is 3.12. The van der Waals surface area contributed by atoms with Crippen LogP contribution in [0.1, 0.15) is 31.2 Å². The molecule has 0 saturated heterocycles. The van der Waals surface area contributed by atoms with E-state index in [1.807, 2.05) is 0 Å². The second-order valence-corrected chi connectivity index (χ2v) is 5.96. The zero-order valence-electron chi connectivity index (χ0n) is 13.8. The fourth-order valence-corrected chi connectivity index (χ4v) is 3.12. The number of methoxy groups -OCH3 is 2. The third-order valence-electron chi connectivity index (χ3n) is 4.38. The minimum atomic E-state index is -4.28. The van der Waals surface area contributed by atoms with Crippen molar-refractivity contribution in [2.45, 2.75) is 44.3 Å². The van der Waals surface area contributed by atoms with E-state index in [1.54, 1.807) is 18.2 Å². The monoisotopic (exact) mass is 345 g/mol. The number of hydrogen-bond donors (Lipinski definition) is 1. The molecule has 1 aromatic carbocycles. The summed E-state index contributed by atoms with van der Waals surface area (Å²) in [6, 6.07) is 4.15. The lowest BCUT2D eigenvalue weighted by Crippen LogP contribution is -2.48. The zero-order chi connectivity index (χ0) is 17.7. The first-order valence-corrected chi connectivity index (χ1v) is 7.92. The van der Waals surface area contributed by atoms with Crippen molar-refractivity contribution >= 4 is 5.91 Å². The topological polar surface area (TPSA) is 47.6 Å². The van der Waals surface area contributed by atoms with Crippen molar-refractivity contribution in [3.8, 4) is 11.5 Å². The zero-order valence-corrected chi connectivity index (χ0v) is 13.8. The van der Waals surface area contributed by atoms with Crippen LogP contribution >= 0.6 is 0 Å². The molecule has 1 amide bonds. The Morgan fingerprint density at radius 1 is 1.21 bits per heavy atom. The minimum absolute atomic E-state index is 0.0335. The minimum Gasteiger partial charge on any atom is -0.497 e. The van der Waals surface area contributed by atoms with E-state index >= 15 is 0 Å². The van der Waals surface area contributed by atoms with Gasteiger partial charge in [0.05, 0.1) is 26.6 Å². The first kappa shape index (κ1) is 18.4. The molecule has 0 aliphatic heterocycles. The average Bonchev–Trinajstić information content (AvgIpc) is 2.54. The van der Waals surface area contributed by atoms with Gasteiger partial charge in [0, 0.05) is 17.7 Å². The van der Waals surface area contributed by atoms with Crippen LogP contribution in [0.4, 0.5) is 13.2 Å². The summed E-state index contributed by atoms with van der Waals surface area (Å²) in [4.78, 5) is 12.2. The Bertz CT molecular complexity index is 575. The molecule has 1 aromatic rings. The van der Waals surface area contributed by atoms with E-state index in [4.69, 9.17) is 9.47 Å². The third-order valence-corrected chi connectivity index (χ3v) is 4.38. The molecular formula is C17H22F3NO3. The number of benzene rings is 1. The van der Waals surface area contributed by atoms with Crippen molar-refractivity contribution in [1.82, 2.24) is 5.32 Å². The highest BCUT2D eigenvalue weighted by atomic mass is 19.4. The number of alkyl halides is 3. The molecule has 0 heterocycles. The summed E-state index contributed by atoms with van der Waals surface area (Å²) in [6.07, 6.45) is -2.65. The lowest BCUT2D eigenvalue weighted by atomic mass is 9.84. The van der Waals surface area contributed by atoms with Crippen molar-refractivity contribution in [2.24, 2.45) is 5.92 Å². The van der Waals surface area contributed by atoms with E-state index < -0.39 is 24.0 Å². The predicted molar refractivity (Wildman–Crippen MR) is 83.2 cm³/mol. The highest BCUT2D eigenvalue weighted by Crippen LogP contribution is 2.37. The maximum atomic E-state index is 13.1. The van der Waals surface area contributed by atoms with Crippen molar-refractivity contribution < 1.29 is 27.4 Å². The summed E-state index contributed by atoms with van der Waals surface area (Å²) in [6.45, 7) is 0. The van der Waals surface area contributed by atoms with Gasteiger partial charge in [0.1, 0.15) is 11.5 Å². The molecule has 24 heavy (non-hydrogen) atoms. The number of carbonyl (C=O) groups is 1. The van der Waals surface area contributed by atoms with Crippen molar-refractivity contribution in [2.75, 3.05) is 14.2 Å². The molecule has 0 aromatic heterocycles. The number of rotatable bonds is 5. The summed E-state index contributed by atoms with van der Waals surface area (Å²) in [7, 11) is 2.98. The molecule has 1 aliphatic carbocycles. The molecule has 1 aliphatic rings. The van der Waals surface area contributed by atoms with E-state index in [-0.39, 0.29) is 12.8 Å². The van der Waals surface area contributed by atoms with Gasteiger partial charge in [0.25, 0.3) is 0 Å². The SMILES string of the molecule is COc1ccc(CC(=O)NC2CCCCC2C(F)(F)F)c(OC)c1. The van der Waals surface area contributed by atoms with E-state index in [1.165, 1.54) is 14.2 Å². The summed E-state index contributed by atoms with van der Waals surface area (Å²) < 4.78 is 49.6. The number of hydrogen-bond acceptors (Lipinski definition) is 3. The van der Waals surface area contributed by atoms with Crippen molar-refractivity contribution in [3.05, 3.63) is 23.8 Å². The first-order chi connectivity index (χ1) is 11.3. The van der Waals surface area contributed by atoms with Crippen LogP contribution in [0, 0.1) is 5.92 Å². The van der Waals surface area contributed by atoms with Crippen LogP contribution in [-0.4, -0.2) is 32.3 Å². The van der Waals surface area contributed by atoms with E-state index in [2.05, 4.69) is 5.32 Å². The third kappa shape index (κ3) is 4.55. The van der Waals surface area contributed by atoms with Gasteiger partial charge in [-0.3, -0.25) is 4.79 Å². The Kier molecular flexibility index (Phi) is 5.96. The standard InChI is InChI=1S/C17H22F3NO3/c1-23-12-8-7-11(15(10-12)24-2)9-16(22)21-14-6-4-3-5-13(14)17(18,19)20/h7-8,10,13-14H,3-6,9H2,1-2H3,(H,21,22). The molecule has 2 rings (SSSR count). The van der Waals surface area contributed by atoms with Crippen LogP contribution in [0.2, 0.25) is 0 Å². The molecule has 0 spiro atoms. The number of carbonyl (C=O) groups excluding carboxylic acids is 1. The molecule has 1 saturated carbocycles. The molecule has 2 unspecified atom stereocenters. The Balaban J connectivity index is 2.04. The Hall–Kier alpha value is -1.92. The van der Waals surface area contributed by atoms with Crippen molar-refractivity contribution in [3.63, 3.8) is 0 Å². The van der Waals surface area contributed by atoms with Gasteiger partial charge in [-0.25, -0.2) is 0 Å². The molecule has 4 nitrogen and oxygen atoms in total. The molecular weight excluding hydrogens is 323 g/mol. The number of ether oxygens (including phenoxy) is 2. The van der Waals surface area contributed by atoms with Gasteiger partial charge in [-0.2, -0.15) is 13.2 Å².